The van der Waals surface area contributed by atoms with Crippen molar-refractivity contribution >= 4 is 23.7 Å². The largest absolute Gasteiger partial charge is 0.617 e. The van der Waals surface area contributed by atoms with Crippen molar-refractivity contribution in [3.8, 4) is 34.5 Å². The number of benzene rings is 6. The Hall–Kier alpha value is -4.87. The SMILES string of the molecule is Cc1ccc(OP2(Oc3ccccc3)=N[P+](Oc3ccccc3)(Oc3ccc(C)cc3)N[P+](Oc3ccccc3)(Oc3ccc(C)cc3)N2)cc1. The van der Waals surface area contributed by atoms with E-state index in [1.165, 1.54) is 0 Å². The highest BCUT2D eigenvalue weighted by molar-refractivity contribution is 7.89. The molecule has 0 saturated carbocycles. The second-order valence-corrected chi connectivity index (χ2v) is 18.4. The number of rotatable bonds is 12. The standard InChI is InChI=1S/C39H38N3O6P3/c1-31-19-25-37(26-20-31)46-49(43-34-13-7-4-8-14-34)40-50(44-35-15-9-5-10-16-35,47-38-27-21-32(2)22-28-38)42-51(41-49,45-36-17-11-6-12-18-36)48-39-29-23-33(3)24-30-39/h4-30,40-41H,1-3H3/q+2. The van der Waals surface area contributed by atoms with Crippen LogP contribution in [0.5, 0.6) is 34.5 Å². The topological polar surface area (TPSA) is 91.8 Å². The molecule has 0 aromatic heterocycles. The highest BCUT2D eigenvalue weighted by atomic mass is 31.3. The van der Waals surface area contributed by atoms with Crippen LogP contribution in [0.2, 0.25) is 0 Å². The van der Waals surface area contributed by atoms with Gasteiger partial charge in [0, 0.05) is 4.86 Å². The lowest BCUT2D eigenvalue weighted by molar-refractivity contribution is 0.403. The van der Waals surface area contributed by atoms with Crippen LogP contribution >= 0.6 is 23.7 Å². The van der Waals surface area contributed by atoms with Gasteiger partial charge >= 0.3 is 23.7 Å². The smallest absolute Gasteiger partial charge is 0.415 e. The number of para-hydroxylation sites is 3. The molecule has 3 atom stereocenters. The average Bonchev–Trinajstić information content (AvgIpc) is 3.12. The predicted molar refractivity (Wildman–Crippen MR) is 206 cm³/mol. The second-order valence-electron chi connectivity index (χ2n) is 11.8. The normalized spacial score (nSPS) is 21.1. The molecule has 6 aromatic rings. The molecule has 12 heteroatoms. The molecule has 51 heavy (non-hydrogen) atoms. The van der Waals surface area contributed by atoms with Crippen molar-refractivity contribution in [2.24, 2.45) is 4.52 Å². The Balaban J connectivity index is 1.49. The first-order valence-electron chi connectivity index (χ1n) is 16.3. The minimum Gasteiger partial charge on any atom is -0.415 e. The van der Waals surface area contributed by atoms with Gasteiger partial charge in [0.05, 0.1) is 4.52 Å². The zero-order valence-corrected chi connectivity index (χ0v) is 31.0. The van der Waals surface area contributed by atoms with E-state index in [-0.39, 0.29) is 0 Å². The molecule has 1 aliphatic rings. The summed E-state index contributed by atoms with van der Waals surface area (Å²) < 4.78 is 46.8. The molecule has 1 heterocycles. The van der Waals surface area contributed by atoms with Gasteiger partial charge in [0.15, 0.2) is 23.0 Å². The summed E-state index contributed by atoms with van der Waals surface area (Å²) >= 11 is 0. The monoisotopic (exact) mass is 737 g/mol. The third kappa shape index (κ3) is 8.90. The van der Waals surface area contributed by atoms with E-state index in [1.807, 2.05) is 185 Å². The van der Waals surface area contributed by atoms with E-state index in [2.05, 4.69) is 9.72 Å². The molecule has 6 aromatic carbocycles. The predicted octanol–water partition coefficient (Wildman–Crippen LogP) is 11.9. The molecule has 0 fully saturated rings. The fraction of sp³-hybridized carbons (Fsp3) is 0.0769. The Morgan fingerprint density at radius 3 is 1.20 bits per heavy atom. The van der Waals surface area contributed by atoms with E-state index in [1.54, 1.807) is 0 Å². The molecule has 1 aliphatic heterocycles. The first-order valence-corrected chi connectivity index (χ1v) is 21.1. The fourth-order valence-corrected chi connectivity index (χ4v) is 14.9. The van der Waals surface area contributed by atoms with Gasteiger partial charge in [-0.15, -0.1) is 0 Å². The van der Waals surface area contributed by atoms with E-state index < -0.39 is 23.7 Å². The van der Waals surface area contributed by atoms with Gasteiger partial charge in [-0.2, -0.15) is 0 Å². The number of nitrogens with one attached hydrogen (secondary N) is 2. The van der Waals surface area contributed by atoms with Gasteiger partial charge in [-0.05, 0) is 93.6 Å². The van der Waals surface area contributed by atoms with E-state index >= 15 is 0 Å². The minimum absolute atomic E-state index is 0.511. The van der Waals surface area contributed by atoms with Crippen LogP contribution in [0.1, 0.15) is 16.7 Å². The summed E-state index contributed by atoms with van der Waals surface area (Å²) in [6.07, 6.45) is 0. The van der Waals surface area contributed by atoms with Gasteiger partial charge < -0.3 is 9.05 Å². The number of hydrogen-bond donors (Lipinski definition) is 2. The molecule has 7 rings (SSSR count). The van der Waals surface area contributed by atoms with Gasteiger partial charge in [-0.3, -0.25) is 18.1 Å². The van der Waals surface area contributed by atoms with Crippen LogP contribution in [0.4, 0.5) is 0 Å². The molecule has 0 saturated heterocycles. The van der Waals surface area contributed by atoms with Crippen LogP contribution < -0.4 is 36.9 Å². The lowest BCUT2D eigenvalue weighted by Crippen LogP contribution is -2.41. The van der Waals surface area contributed by atoms with E-state index in [0.717, 1.165) is 16.7 Å². The van der Waals surface area contributed by atoms with Crippen LogP contribution in [-0.2, 0) is 0 Å². The van der Waals surface area contributed by atoms with Gasteiger partial charge in [-0.25, -0.2) is 0 Å². The summed E-state index contributed by atoms with van der Waals surface area (Å²) in [6.45, 7) is 6.05. The molecule has 258 valence electrons. The van der Waals surface area contributed by atoms with Crippen molar-refractivity contribution < 1.29 is 27.1 Å². The third-order valence-corrected chi connectivity index (χ3v) is 16.2. The van der Waals surface area contributed by atoms with Crippen LogP contribution in [0.15, 0.2) is 168 Å². The maximum atomic E-state index is 6.94. The minimum atomic E-state index is -3.75. The quantitative estimate of drug-likeness (QED) is 0.120. The van der Waals surface area contributed by atoms with Crippen molar-refractivity contribution in [1.82, 2.24) is 9.72 Å². The zero-order valence-electron chi connectivity index (χ0n) is 28.3. The summed E-state index contributed by atoms with van der Waals surface area (Å²) in [5, 5.41) is 0. The van der Waals surface area contributed by atoms with Crippen LogP contribution in [0, 0.1) is 20.8 Å². The van der Waals surface area contributed by atoms with Crippen LogP contribution in [0.25, 0.3) is 0 Å². The molecule has 3 unspecified atom stereocenters. The Morgan fingerprint density at radius 1 is 0.412 bits per heavy atom. The molecule has 0 bridgehead atoms. The number of nitrogens with zero attached hydrogens (tertiary/aromatic N) is 1. The molecular weight excluding hydrogens is 699 g/mol. The first kappa shape index (κ1) is 34.6. The van der Waals surface area contributed by atoms with E-state index in [9.17, 15) is 0 Å². The van der Waals surface area contributed by atoms with Crippen molar-refractivity contribution in [3.05, 3.63) is 180 Å². The van der Waals surface area contributed by atoms with Gasteiger partial charge in [0.2, 0.25) is 0 Å². The Kier molecular flexibility index (Phi) is 10.3. The third-order valence-electron chi connectivity index (χ3n) is 7.43. The van der Waals surface area contributed by atoms with E-state index in [0.29, 0.717) is 34.5 Å². The molecule has 2 N–H and O–H groups in total. The van der Waals surface area contributed by atoms with Crippen LogP contribution in [-0.4, -0.2) is 0 Å². The van der Waals surface area contributed by atoms with Crippen molar-refractivity contribution in [2.75, 3.05) is 0 Å². The van der Waals surface area contributed by atoms with E-state index in [4.69, 9.17) is 31.7 Å². The molecule has 0 radical (unpaired) electrons. The lowest BCUT2D eigenvalue weighted by Gasteiger charge is -2.34. The first-order chi connectivity index (χ1) is 24.8. The Labute approximate surface area is 300 Å². The van der Waals surface area contributed by atoms with Gasteiger partial charge in [0.1, 0.15) is 16.4 Å². The van der Waals surface area contributed by atoms with Crippen LogP contribution in [0.3, 0.4) is 0 Å². The fourth-order valence-electron chi connectivity index (χ4n) is 4.95. The molecule has 9 nitrogen and oxygen atoms in total. The summed E-state index contributed by atoms with van der Waals surface area (Å²) in [5.74, 6) is 3.12. The summed E-state index contributed by atoms with van der Waals surface area (Å²) in [6, 6.07) is 51.3. The lowest BCUT2D eigenvalue weighted by atomic mass is 10.2. The molecule has 0 aliphatic carbocycles. The highest BCUT2D eigenvalue weighted by Crippen LogP contribution is 2.79. The molecular formula is C39H38N3O6P3+2. The number of aryl methyl sites for hydroxylation is 3. The summed E-state index contributed by atoms with van der Waals surface area (Å²) in [5.41, 5.74) is 3.22. The van der Waals surface area contributed by atoms with Crippen molar-refractivity contribution in [3.63, 3.8) is 0 Å². The number of hydrogen-bond acceptors (Lipinski definition) is 9. The summed E-state index contributed by atoms with van der Waals surface area (Å²) in [4.78, 5) is 7.12. The Morgan fingerprint density at radius 2 is 0.745 bits per heavy atom. The maximum absolute atomic E-state index is 6.94. The van der Waals surface area contributed by atoms with Crippen molar-refractivity contribution in [2.45, 2.75) is 20.8 Å². The maximum Gasteiger partial charge on any atom is 0.617 e. The van der Waals surface area contributed by atoms with Gasteiger partial charge in [0.25, 0.3) is 0 Å². The highest BCUT2D eigenvalue weighted by Gasteiger charge is 2.75. The second kappa shape index (κ2) is 15.2. The average molecular weight is 738 g/mol. The Bertz CT molecular complexity index is 2090. The zero-order chi connectivity index (χ0) is 35.2. The van der Waals surface area contributed by atoms with Crippen molar-refractivity contribution in [1.29, 1.82) is 0 Å². The molecule has 0 amide bonds. The summed E-state index contributed by atoms with van der Waals surface area (Å²) in [7, 11) is -11.1. The molecule has 0 spiro atoms. The van der Waals surface area contributed by atoms with Gasteiger partial charge in [-0.1, -0.05) is 108 Å².